The van der Waals surface area contributed by atoms with E-state index in [1.165, 1.54) is 12.8 Å². The average molecular weight is 288 g/mol. The molecule has 0 spiro atoms. The maximum Gasteiger partial charge on any atom is 0.265 e. The van der Waals surface area contributed by atoms with Gasteiger partial charge in [0, 0.05) is 26.1 Å². The molecule has 3 nitrogen and oxygen atoms in total. The molecule has 116 valence electrons. The second kappa shape index (κ2) is 5.18. The summed E-state index contributed by atoms with van der Waals surface area (Å²) < 4.78 is 33.1. The Kier molecular flexibility index (Phi) is 3.80. The Balaban J connectivity index is 1.49. The first-order valence-corrected chi connectivity index (χ1v) is 7.89. The van der Waals surface area contributed by atoms with E-state index in [9.17, 15) is 8.78 Å². The lowest BCUT2D eigenvalue weighted by molar-refractivity contribution is -0.130. The summed E-state index contributed by atoms with van der Waals surface area (Å²) >= 11 is 0. The van der Waals surface area contributed by atoms with Crippen LogP contribution < -0.4 is 5.73 Å². The zero-order chi connectivity index (χ0) is 14.4. The first-order valence-electron chi connectivity index (χ1n) is 7.89. The number of hydrogen-bond acceptors (Lipinski definition) is 3. The van der Waals surface area contributed by atoms with Crippen molar-refractivity contribution in [3.8, 4) is 0 Å². The molecule has 0 aromatic carbocycles. The van der Waals surface area contributed by atoms with E-state index in [1.807, 2.05) is 0 Å². The van der Waals surface area contributed by atoms with Gasteiger partial charge < -0.3 is 15.4 Å². The summed E-state index contributed by atoms with van der Waals surface area (Å²) in [6.07, 6.45) is 4.28. The molecule has 2 aliphatic carbocycles. The number of ether oxygens (including phenoxy) is 1. The molecule has 0 aromatic rings. The summed E-state index contributed by atoms with van der Waals surface area (Å²) in [5.41, 5.74) is 6.20. The van der Waals surface area contributed by atoms with Crippen LogP contribution in [0.25, 0.3) is 0 Å². The molecule has 20 heavy (non-hydrogen) atoms. The minimum absolute atomic E-state index is 0.0855. The van der Waals surface area contributed by atoms with Crippen molar-refractivity contribution in [1.29, 1.82) is 0 Å². The highest BCUT2D eigenvalue weighted by atomic mass is 19.3. The number of alkyl halides is 2. The monoisotopic (exact) mass is 288 g/mol. The Morgan fingerprint density at radius 1 is 1.25 bits per heavy atom. The average Bonchev–Trinajstić information content (AvgIpc) is 2.93. The van der Waals surface area contributed by atoms with Crippen molar-refractivity contribution in [3.63, 3.8) is 0 Å². The SMILES string of the molecule is CC1(CN2CCC(O[C@H]3CCCC(F)(F)[C@@H]3N)C2)CC1. The molecular weight excluding hydrogens is 262 g/mol. The summed E-state index contributed by atoms with van der Waals surface area (Å²) in [6, 6.07) is -1.13. The maximum atomic E-state index is 13.6. The largest absolute Gasteiger partial charge is 0.372 e. The molecule has 5 heteroatoms. The molecule has 1 heterocycles. The molecule has 1 unspecified atom stereocenters. The van der Waals surface area contributed by atoms with Gasteiger partial charge in [0.1, 0.15) is 0 Å². The summed E-state index contributed by atoms with van der Waals surface area (Å²) in [4.78, 5) is 2.42. The minimum atomic E-state index is -2.76. The van der Waals surface area contributed by atoms with E-state index in [-0.39, 0.29) is 12.5 Å². The molecule has 0 radical (unpaired) electrons. The van der Waals surface area contributed by atoms with Gasteiger partial charge in [0.05, 0.1) is 18.2 Å². The van der Waals surface area contributed by atoms with Crippen molar-refractivity contribution in [2.45, 2.75) is 69.6 Å². The van der Waals surface area contributed by atoms with Crippen molar-refractivity contribution in [1.82, 2.24) is 4.90 Å². The van der Waals surface area contributed by atoms with Crippen LogP contribution in [0.15, 0.2) is 0 Å². The van der Waals surface area contributed by atoms with Crippen molar-refractivity contribution in [2.24, 2.45) is 11.1 Å². The van der Waals surface area contributed by atoms with Gasteiger partial charge in [-0.05, 0) is 37.5 Å². The highest BCUT2D eigenvalue weighted by molar-refractivity contribution is 4.95. The first kappa shape index (κ1) is 14.7. The van der Waals surface area contributed by atoms with Crippen molar-refractivity contribution in [3.05, 3.63) is 0 Å². The molecule has 3 fully saturated rings. The van der Waals surface area contributed by atoms with Crippen LogP contribution in [0.2, 0.25) is 0 Å². The highest BCUT2D eigenvalue weighted by Gasteiger charge is 2.46. The fourth-order valence-electron chi connectivity index (χ4n) is 3.52. The first-order chi connectivity index (χ1) is 9.38. The minimum Gasteiger partial charge on any atom is -0.372 e. The van der Waals surface area contributed by atoms with Crippen LogP contribution in [0.3, 0.4) is 0 Å². The van der Waals surface area contributed by atoms with Crippen molar-refractivity contribution < 1.29 is 13.5 Å². The highest BCUT2D eigenvalue weighted by Crippen LogP contribution is 2.46. The van der Waals surface area contributed by atoms with Crippen molar-refractivity contribution in [2.75, 3.05) is 19.6 Å². The summed E-state index contributed by atoms with van der Waals surface area (Å²) in [6.45, 7) is 5.35. The van der Waals surface area contributed by atoms with E-state index >= 15 is 0 Å². The lowest BCUT2D eigenvalue weighted by Crippen LogP contribution is -2.54. The fraction of sp³-hybridized carbons (Fsp3) is 1.00. The van der Waals surface area contributed by atoms with Gasteiger partial charge in [-0.3, -0.25) is 0 Å². The smallest absolute Gasteiger partial charge is 0.265 e. The van der Waals surface area contributed by atoms with E-state index in [2.05, 4.69) is 11.8 Å². The van der Waals surface area contributed by atoms with Crippen LogP contribution in [0.4, 0.5) is 8.78 Å². The third-order valence-corrected chi connectivity index (χ3v) is 5.19. The molecule has 3 rings (SSSR count). The zero-order valence-corrected chi connectivity index (χ0v) is 12.3. The van der Waals surface area contributed by atoms with Crippen LogP contribution in [0, 0.1) is 5.41 Å². The quantitative estimate of drug-likeness (QED) is 0.863. The lowest BCUT2D eigenvalue weighted by atomic mass is 9.89. The van der Waals surface area contributed by atoms with Crippen LogP contribution in [-0.4, -0.2) is 48.7 Å². The Hall–Kier alpha value is -0.260. The Bertz CT molecular complexity index is 360. The molecule has 1 saturated heterocycles. The normalized spacial score (nSPS) is 39.9. The van der Waals surface area contributed by atoms with Crippen LogP contribution in [0.1, 0.15) is 45.4 Å². The summed E-state index contributed by atoms with van der Waals surface area (Å²) in [7, 11) is 0. The van der Waals surface area contributed by atoms with Crippen LogP contribution in [-0.2, 0) is 4.74 Å². The number of nitrogens with zero attached hydrogens (tertiary/aromatic N) is 1. The molecule has 2 saturated carbocycles. The number of halogens is 2. The number of nitrogens with two attached hydrogens (primary N) is 1. The lowest BCUT2D eigenvalue weighted by Gasteiger charge is -2.36. The summed E-state index contributed by atoms with van der Waals surface area (Å²) in [5.74, 6) is -2.76. The van der Waals surface area contributed by atoms with Gasteiger partial charge in [0.2, 0.25) is 0 Å². The summed E-state index contributed by atoms with van der Waals surface area (Å²) in [5, 5.41) is 0. The Labute approximate surface area is 119 Å². The van der Waals surface area contributed by atoms with Gasteiger partial charge in [0.15, 0.2) is 0 Å². The van der Waals surface area contributed by atoms with Gasteiger partial charge in [-0.15, -0.1) is 0 Å². The van der Waals surface area contributed by atoms with E-state index in [1.54, 1.807) is 0 Å². The fourth-order valence-corrected chi connectivity index (χ4v) is 3.52. The molecule has 3 atom stereocenters. The van der Waals surface area contributed by atoms with E-state index in [0.29, 0.717) is 18.3 Å². The van der Waals surface area contributed by atoms with Gasteiger partial charge in [-0.25, -0.2) is 8.78 Å². The van der Waals surface area contributed by atoms with Gasteiger partial charge in [-0.2, -0.15) is 0 Å². The predicted octanol–water partition coefficient (Wildman–Crippen LogP) is 2.39. The van der Waals surface area contributed by atoms with E-state index in [0.717, 1.165) is 26.1 Å². The van der Waals surface area contributed by atoms with Crippen LogP contribution >= 0.6 is 0 Å². The third-order valence-electron chi connectivity index (χ3n) is 5.19. The third kappa shape index (κ3) is 3.15. The van der Waals surface area contributed by atoms with Crippen LogP contribution in [0.5, 0.6) is 0 Å². The number of rotatable bonds is 4. The topological polar surface area (TPSA) is 38.5 Å². The van der Waals surface area contributed by atoms with Crippen molar-refractivity contribution >= 4 is 0 Å². The molecular formula is C15H26F2N2O. The second-order valence-corrected chi connectivity index (χ2v) is 7.31. The van der Waals surface area contributed by atoms with E-state index < -0.39 is 18.1 Å². The maximum absolute atomic E-state index is 13.6. The molecule has 3 aliphatic rings. The standard InChI is InChI=1S/C15H26F2N2O/c1-14(6-7-14)10-19-8-4-11(9-19)20-12-3-2-5-15(16,17)13(12)18/h11-13H,2-10,18H2,1H3/t11?,12-,13+/m0/s1. The molecule has 0 bridgehead atoms. The Morgan fingerprint density at radius 3 is 2.70 bits per heavy atom. The predicted molar refractivity (Wildman–Crippen MR) is 73.8 cm³/mol. The Morgan fingerprint density at radius 2 is 2.00 bits per heavy atom. The van der Waals surface area contributed by atoms with Gasteiger partial charge in [0.25, 0.3) is 5.92 Å². The molecule has 0 amide bonds. The number of hydrogen-bond donors (Lipinski definition) is 1. The zero-order valence-electron chi connectivity index (χ0n) is 12.3. The van der Waals surface area contributed by atoms with E-state index in [4.69, 9.17) is 10.5 Å². The van der Waals surface area contributed by atoms with Gasteiger partial charge >= 0.3 is 0 Å². The number of likely N-dealkylation sites (tertiary alicyclic amines) is 1. The molecule has 1 aliphatic heterocycles. The second-order valence-electron chi connectivity index (χ2n) is 7.31. The molecule has 2 N–H and O–H groups in total. The molecule has 0 aromatic heterocycles. The van der Waals surface area contributed by atoms with Gasteiger partial charge in [-0.1, -0.05) is 6.92 Å².